The second-order valence-corrected chi connectivity index (χ2v) is 8.28. The molecule has 0 bridgehead atoms. The zero-order valence-electron chi connectivity index (χ0n) is 15.2. The Morgan fingerprint density at radius 3 is 2.62 bits per heavy atom. The Morgan fingerprint density at radius 2 is 2.00 bits per heavy atom. The van der Waals surface area contributed by atoms with Gasteiger partial charge in [0.2, 0.25) is 5.92 Å². The maximum atomic E-state index is 13.7. The van der Waals surface area contributed by atoms with E-state index in [2.05, 4.69) is 10.3 Å². The van der Waals surface area contributed by atoms with Crippen molar-refractivity contribution in [2.45, 2.75) is 57.9 Å². The molecule has 1 fully saturated rings. The molecule has 1 aliphatic carbocycles. The van der Waals surface area contributed by atoms with Crippen LogP contribution in [0.1, 0.15) is 56.8 Å². The number of nitrogens with one attached hydrogen (secondary N) is 1. The minimum absolute atomic E-state index is 0.00194. The van der Waals surface area contributed by atoms with Gasteiger partial charge in [-0.1, -0.05) is 19.1 Å². The van der Waals surface area contributed by atoms with E-state index >= 15 is 0 Å². The van der Waals surface area contributed by atoms with Gasteiger partial charge >= 0.3 is 0 Å². The smallest absolute Gasteiger partial charge is 0.253 e. The lowest BCUT2D eigenvalue weighted by Crippen LogP contribution is -2.50. The first-order chi connectivity index (χ1) is 12.0. The monoisotopic (exact) mass is 364 g/mol. The Hall–Kier alpha value is -2.11. The number of para-hydroxylation sites is 1. The van der Waals surface area contributed by atoms with Gasteiger partial charge in [0.15, 0.2) is 0 Å². The summed E-state index contributed by atoms with van der Waals surface area (Å²) >= 11 is 0. The van der Waals surface area contributed by atoms with Crippen molar-refractivity contribution in [3.63, 3.8) is 0 Å². The molecule has 1 heterocycles. The van der Waals surface area contributed by atoms with Crippen molar-refractivity contribution in [1.29, 1.82) is 0 Å². The van der Waals surface area contributed by atoms with E-state index in [-0.39, 0.29) is 16.5 Å². The molecule has 26 heavy (non-hydrogen) atoms. The molecule has 1 aromatic carbocycles. The Labute approximate surface area is 151 Å². The highest BCUT2D eigenvalue weighted by Crippen LogP contribution is 2.52. The predicted octanol–water partition coefficient (Wildman–Crippen LogP) is 5.10. The molecule has 2 aromatic rings. The first-order valence-electron chi connectivity index (χ1n) is 8.73. The maximum Gasteiger partial charge on any atom is 0.253 e. The lowest BCUT2D eigenvalue weighted by Gasteiger charge is -2.35. The quantitative estimate of drug-likeness (QED) is 0.775. The van der Waals surface area contributed by atoms with E-state index in [4.69, 9.17) is 0 Å². The molecular formula is C20H23F3N2O. The van der Waals surface area contributed by atoms with Gasteiger partial charge in [-0.05, 0) is 50.7 Å². The summed E-state index contributed by atoms with van der Waals surface area (Å²) in [6, 6.07) is 6.03. The number of fused-ring (bicyclic) bond motifs is 1. The molecule has 1 amide bonds. The van der Waals surface area contributed by atoms with E-state index in [1.165, 1.54) is 24.4 Å². The maximum absolute atomic E-state index is 13.7. The van der Waals surface area contributed by atoms with Gasteiger partial charge in [0, 0.05) is 23.5 Å². The van der Waals surface area contributed by atoms with Crippen LogP contribution in [0, 0.1) is 11.2 Å². The molecule has 0 radical (unpaired) electrons. The molecule has 1 N–H and O–H groups in total. The normalized spacial score (nSPS) is 18.4. The largest absolute Gasteiger partial charge is 0.347 e. The van der Waals surface area contributed by atoms with Crippen LogP contribution >= 0.6 is 0 Å². The molecule has 1 aliphatic rings. The molecule has 3 nitrogen and oxygen atoms in total. The van der Waals surface area contributed by atoms with Crippen LogP contribution in [0.3, 0.4) is 0 Å². The number of alkyl halides is 2. The number of aromatic nitrogens is 1. The number of benzene rings is 1. The van der Waals surface area contributed by atoms with Crippen LogP contribution in [0.15, 0.2) is 30.5 Å². The highest BCUT2D eigenvalue weighted by atomic mass is 19.3. The molecule has 0 aliphatic heterocycles. The second kappa shape index (κ2) is 6.25. The Balaban J connectivity index is 1.85. The highest BCUT2D eigenvalue weighted by Gasteiger charge is 2.47. The lowest BCUT2D eigenvalue weighted by molar-refractivity contribution is -0.0166. The molecule has 1 aromatic heterocycles. The third-order valence-corrected chi connectivity index (χ3v) is 4.96. The van der Waals surface area contributed by atoms with Gasteiger partial charge in [-0.3, -0.25) is 9.78 Å². The Morgan fingerprint density at radius 1 is 1.31 bits per heavy atom. The number of halogens is 3. The first-order valence-corrected chi connectivity index (χ1v) is 8.73. The molecule has 0 spiro atoms. The fourth-order valence-corrected chi connectivity index (χ4v) is 3.76. The van der Waals surface area contributed by atoms with E-state index in [1.807, 2.05) is 6.92 Å². The van der Waals surface area contributed by atoms with Gasteiger partial charge in [-0.2, -0.15) is 0 Å². The second-order valence-electron chi connectivity index (χ2n) is 8.28. The number of pyridine rings is 1. The van der Waals surface area contributed by atoms with Gasteiger partial charge in [-0.15, -0.1) is 0 Å². The van der Waals surface area contributed by atoms with Crippen LogP contribution in [-0.2, 0) is 0 Å². The molecule has 1 atom stereocenters. The van der Waals surface area contributed by atoms with Crippen molar-refractivity contribution in [3.05, 3.63) is 41.8 Å². The van der Waals surface area contributed by atoms with Crippen molar-refractivity contribution in [3.8, 4) is 0 Å². The SMILES string of the molecule is CC(F)(F)CC(C)(CC1(C)CC1)NC(=O)c1cnc2c(F)cccc2c1. The van der Waals surface area contributed by atoms with Crippen LogP contribution in [0.5, 0.6) is 0 Å². The van der Waals surface area contributed by atoms with Crippen LogP contribution in [-0.4, -0.2) is 22.4 Å². The Kier molecular flexibility index (Phi) is 4.49. The van der Waals surface area contributed by atoms with Gasteiger partial charge in [0.1, 0.15) is 11.3 Å². The zero-order chi connectivity index (χ0) is 19.2. The van der Waals surface area contributed by atoms with Crippen molar-refractivity contribution < 1.29 is 18.0 Å². The van der Waals surface area contributed by atoms with Crippen molar-refractivity contribution in [1.82, 2.24) is 10.3 Å². The van der Waals surface area contributed by atoms with Gasteiger partial charge in [-0.25, -0.2) is 13.2 Å². The molecule has 140 valence electrons. The van der Waals surface area contributed by atoms with Gasteiger partial charge in [0.05, 0.1) is 5.56 Å². The minimum Gasteiger partial charge on any atom is -0.347 e. The van der Waals surface area contributed by atoms with Crippen LogP contribution in [0.2, 0.25) is 0 Å². The number of rotatable bonds is 6. The molecule has 0 saturated heterocycles. The van der Waals surface area contributed by atoms with Crippen molar-refractivity contribution in [2.75, 3.05) is 0 Å². The van der Waals surface area contributed by atoms with Gasteiger partial charge in [0.25, 0.3) is 5.91 Å². The summed E-state index contributed by atoms with van der Waals surface area (Å²) < 4.78 is 41.1. The minimum atomic E-state index is -2.89. The average molecular weight is 364 g/mol. The summed E-state index contributed by atoms with van der Waals surface area (Å²) in [5.74, 6) is -3.83. The molecular weight excluding hydrogens is 341 g/mol. The third-order valence-electron chi connectivity index (χ3n) is 4.96. The Bertz CT molecular complexity index is 833. The van der Waals surface area contributed by atoms with Crippen LogP contribution in [0.4, 0.5) is 13.2 Å². The summed E-state index contributed by atoms with van der Waals surface area (Å²) in [5, 5.41) is 3.28. The topological polar surface area (TPSA) is 42.0 Å². The highest BCUT2D eigenvalue weighted by molar-refractivity contribution is 5.97. The summed E-state index contributed by atoms with van der Waals surface area (Å²) in [5.41, 5.74) is -0.623. The van der Waals surface area contributed by atoms with E-state index in [9.17, 15) is 18.0 Å². The number of amides is 1. The van der Waals surface area contributed by atoms with Gasteiger partial charge < -0.3 is 5.32 Å². The lowest BCUT2D eigenvalue weighted by atomic mass is 9.83. The van der Waals surface area contributed by atoms with Crippen molar-refractivity contribution >= 4 is 16.8 Å². The first kappa shape index (κ1) is 18.7. The van der Waals surface area contributed by atoms with E-state index in [0.29, 0.717) is 11.8 Å². The van der Waals surface area contributed by atoms with Crippen molar-refractivity contribution in [2.24, 2.45) is 5.41 Å². The summed E-state index contributed by atoms with van der Waals surface area (Å²) in [6.45, 7) is 4.58. The summed E-state index contributed by atoms with van der Waals surface area (Å²) in [7, 11) is 0. The van der Waals surface area contributed by atoms with E-state index in [1.54, 1.807) is 13.0 Å². The molecule has 3 rings (SSSR count). The van der Waals surface area contributed by atoms with Crippen LogP contribution in [0.25, 0.3) is 10.9 Å². The fraction of sp³-hybridized carbons (Fsp3) is 0.500. The molecule has 1 unspecified atom stereocenters. The fourth-order valence-electron chi connectivity index (χ4n) is 3.76. The predicted molar refractivity (Wildman–Crippen MR) is 94.8 cm³/mol. The van der Waals surface area contributed by atoms with Crippen LogP contribution < -0.4 is 5.32 Å². The summed E-state index contributed by atoms with van der Waals surface area (Å²) in [4.78, 5) is 16.7. The molecule has 6 heteroatoms. The van der Waals surface area contributed by atoms with E-state index < -0.39 is 29.6 Å². The summed E-state index contributed by atoms with van der Waals surface area (Å²) in [6.07, 6.45) is 3.29. The average Bonchev–Trinajstić information content (AvgIpc) is 3.21. The number of nitrogens with zero attached hydrogens (tertiary/aromatic N) is 1. The zero-order valence-corrected chi connectivity index (χ0v) is 15.2. The standard InChI is InChI=1S/C20H23F3N2O/c1-18(7-8-18)11-19(2,12-20(3,22)23)25-17(26)14-9-13-5-4-6-15(21)16(13)24-10-14/h4-6,9-10H,7-8,11-12H2,1-3H3,(H,25,26). The number of hydrogen-bond acceptors (Lipinski definition) is 2. The third kappa shape index (κ3) is 4.34. The number of carbonyl (C=O) groups is 1. The van der Waals surface area contributed by atoms with E-state index in [0.717, 1.165) is 19.8 Å². The molecule has 1 saturated carbocycles. The number of hydrogen-bond donors (Lipinski definition) is 1. The number of carbonyl (C=O) groups excluding carboxylic acids is 1.